The Hall–Kier alpha value is 1.37. The molecular formula is C3H9CaO4P+2. The molecule has 6 heteroatoms. The van der Waals surface area contributed by atoms with Crippen molar-refractivity contribution in [1.29, 1.82) is 0 Å². The normalized spacial score (nSPS) is 10.6. The Balaban J connectivity index is 0. The summed E-state index contributed by atoms with van der Waals surface area (Å²) in [6, 6.07) is 0. The van der Waals surface area contributed by atoms with Gasteiger partial charge in [0.2, 0.25) is 0 Å². The molecule has 0 aliphatic carbocycles. The molecule has 0 aromatic carbocycles. The second-order valence-corrected chi connectivity index (χ2v) is 2.98. The standard InChI is InChI=1S/C3H9O4P.Ca/c1-5-8(4,6-2)7-3;/h1-3H3;/q;+2. The van der Waals surface area contributed by atoms with E-state index in [9.17, 15) is 4.57 Å². The van der Waals surface area contributed by atoms with Crippen molar-refractivity contribution in [3.63, 3.8) is 0 Å². The van der Waals surface area contributed by atoms with Crippen LogP contribution in [-0.4, -0.2) is 59.1 Å². The molecule has 0 heterocycles. The van der Waals surface area contributed by atoms with Gasteiger partial charge in [0.1, 0.15) is 0 Å². The van der Waals surface area contributed by atoms with E-state index in [0.717, 1.165) is 0 Å². The zero-order valence-corrected chi connectivity index (χ0v) is 8.89. The maximum atomic E-state index is 10.7. The molecule has 0 saturated heterocycles. The Labute approximate surface area is 84.5 Å². The van der Waals surface area contributed by atoms with Crippen LogP contribution in [0.2, 0.25) is 0 Å². The number of rotatable bonds is 3. The first-order chi connectivity index (χ1) is 3.68. The molecule has 0 bridgehead atoms. The molecule has 0 N–H and O–H groups in total. The summed E-state index contributed by atoms with van der Waals surface area (Å²) < 4.78 is 23.7. The molecule has 0 unspecified atom stereocenters. The summed E-state index contributed by atoms with van der Waals surface area (Å²) in [5.41, 5.74) is 0. The van der Waals surface area contributed by atoms with Gasteiger partial charge in [0.05, 0.1) is 0 Å². The zero-order chi connectivity index (χ0) is 6.62. The van der Waals surface area contributed by atoms with Crippen molar-refractivity contribution in [3.05, 3.63) is 0 Å². The summed E-state index contributed by atoms with van der Waals surface area (Å²) in [7, 11) is 0.611. The van der Waals surface area contributed by atoms with Crippen LogP contribution in [0.4, 0.5) is 0 Å². The Morgan fingerprint density at radius 2 is 1.22 bits per heavy atom. The van der Waals surface area contributed by atoms with Crippen LogP contribution in [0.15, 0.2) is 0 Å². The van der Waals surface area contributed by atoms with E-state index in [1.54, 1.807) is 0 Å². The minimum atomic E-state index is -3.16. The van der Waals surface area contributed by atoms with E-state index in [1.165, 1.54) is 21.3 Å². The monoisotopic (exact) mass is 180 g/mol. The molecule has 0 aromatic rings. The quantitative estimate of drug-likeness (QED) is 0.472. The number of hydrogen-bond donors (Lipinski definition) is 0. The molecule has 0 atom stereocenters. The summed E-state index contributed by atoms with van der Waals surface area (Å²) in [5.74, 6) is 0. The molecule has 0 radical (unpaired) electrons. The first kappa shape index (κ1) is 13.0. The third-order valence-corrected chi connectivity index (χ3v) is 2.01. The second kappa shape index (κ2) is 6.10. The molecule has 0 aliphatic rings. The van der Waals surface area contributed by atoms with Crippen LogP contribution in [0.25, 0.3) is 0 Å². The third kappa shape index (κ3) is 4.73. The smallest absolute Gasteiger partial charge is 0.290 e. The number of phosphoric ester groups is 1. The van der Waals surface area contributed by atoms with Gasteiger partial charge in [-0.05, 0) is 0 Å². The van der Waals surface area contributed by atoms with Crippen molar-refractivity contribution >= 4 is 45.6 Å². The average molecular weight is 180 g/mol. The Morgan fingerprint density at radius 3 is 1.22 bits per heavy atom. The van der Waals surface area contributed by atoms with Crippen molar-refractivity contribution in [2.75, 3.05) is 21.3 Å². The molecular weight excluding hydrogens is 171 g/mol. The summed E-state index contributed by atoms with van der Waals surface area (Å²) in [6.45, 7) is 0. The number of phosphoric acid groups is 1. The van der Waals surface area contributed by atoms with Gasteiger partial charge in [-0.3, -0.25) is 13.6 Å². The first-order valence-corrected chi connectivity index (χ1v) is 3.42. The number of hydrogen-bond acceptors (Lipinski definition) is 4. The van der Waals surface area contributed by atoms with Crippen LogP contribution >= 0.6 is 7.82 Å². The van der Waals surface area contributed by atoms with Gasteiger partial charge in [-0.2, -0.15) is 0 Å². The molecule has 0 aliphatic heterocycles. The summed E-state index contributed by atoms with van der Waals surface area (Å²) in [5, 5.41) is 0. The van der Waals surface area contributed by atoms with Crippen LogP contribution in [-0.2, 0) is 18.1 Å². The molecule has 0 saturated carbocycles. The molecule has 0 fully saturated rings. The van der Waals surface area contributed by atoms with Gasteiger partial charge in [-0.15, -0.1) is 0 Å². The maximum absolute atomic E-state index is 10.7. The zero-order valence-electron chi connectivity index (χ0n) is 5.79. The van der Waals surface area contributed by atoms with Crippen molar-refractivity contribution in [2.24, 2.45) is 0 Å². The van der Waals surface area contributed by atoms with Gasteiger partial charge in [-0.1, -0.05) is 0 Å². The molecule has 0 amide bonds. The van der Waals surface area contributed by atoms with E-state index in [2.05, 4.69) is 13.6 Å². The minimum Gasteiger partial charge on any atom is -0.290 e. The molecule has 9 heavy (non-hydrogen) atoms. The van der Waals surface area contributed by atoms with Crippen molar-refractivity contribution < 1.29 is 18.1 Å². The summed E-state index contributed by atoms with van der Waals surface area (Å²) >= 11 is 0. The largest absolute Gasteiger partial charge is 2.00 e. The van der Waals surface area contributed by atoms with Gasteiger partial charge >= 0.3 is 45.6 Å². The SMILES string of the molecule is COP(=O)(OC)OC.[Ca+2]. The molecule has 0 rings (SSSR count). The summed E-state index contributed by atoms with van der Waals surface area (Å²) in [6.07, 6.45) is 0. The average Bonchev–Trinajstić information content (AvgIpc) is 1.87. The van der Waals surface area contributed by atoms with Crippen molar-refractivity contribution in [2.45, 2.75) is 0 Å². The Kier molecular flexibility index (Phi) is 8.81. The fraction of sp³-hybridized carbons (Fsp3) is 1.00. The molecule has 0 aromatic heterocycles. The fourth-order valence-electron chi connectivity index (χ4n) is 0.224. The second-order valence-electron chi connectivity index (χ2n) is 0.995. The predicted octanol–water partition coefficient (Wildman–Crippen LogP) is 0.653. The van der Waals surface area contributed by atoms with E-state index in [-0.39, 0.29) is 37.7 Å². The van der Waals surface area contributed by atoms with Gasteiger partial charge in [0.25, 0.3) is 0 Å². The van der Waals surface area contributed by atoms with E-state index in [4.69, 9.17) is 0 Å². The predicted molar refractivity (Wildman–Crippen MR) is 34.4 cm³/mol. The topological polar surface area (TPSA) is 44.8 Å². The van der Waals surface area contributed by atoms with Crippen LogP contribution in [0.5, 0.6) is 0 Å². The third-order valence-electron chi connectivity index (χ3n) is 0.671. The van der Waals surface area contributed by atoms with Crippen LogP contribution in [0.3, 0.4) is 0 Å². The van der Waals surface area contributed by atoms with Crippen molar-refractivity contribution in [3.8, 4) is 0 Å². The molecule has 4 nitrogen and oxygen atoms in total. The Bertz CT molecular complexity index is 87.0. The van der Waals surface area contributed by atoms with Gasteiger partial charge in [0, 0.05) is 21.3 Å². The van der Waals surface area contributed by atoms with Crippen LogP contribution < -0.4 is 0 Å². The van der Waals surface area contributed by atoms with Gasteiger partial charge in [0.15, 0.2) is 0 Å². The fourth-order valence-corrected chi connectivity index (χ4v) is 0.671. The van der Waals surface area contributed by atoms with E-state index >= 15 is 0 Å². The molecule has 50 valence electrons. The maximum Gasteiger partial charge on any atom is 2.00 e. The van der Waals surface area contributed by atoms with Crippen LogP contribution in [0, 0.1) is 0 Å². The minimum absolute atomic E-state index is 0. The van der Waals surface area contributed by atoms with E-state index in [1.807, 2.05) is 0 Å². The first-order valence-electron chi connectivity index (χ1n) is 1.96. The Morgan fingerprint density at radius 1 is 1.00 bits per heavy atom. The van der Waals surface area contributed by atoms with Crippen LogP contribution in [0.1, 0.15) is 0 Å². The van der Waals surface area contributed by atoms with Gasteiger partial charge in [-0.25, -0.2) is 4.57 Å². The van der Waals surface area contributed by atoms with Crippen molar-refractivity contribution in [1.82, 2.24) is 0 Å². The van der Waals surface area contributed by atoms with Gasteiger partial charge < -0.3 is 0 Å². The van der Waals surface area contributed by atoms with E-state index < -0.39 is 7.82 Å². The van der Waals surface area contributed by atoms with E-state index in [0.29, 0.717) is 0 Å². The summed E-state index contributed by atoms with van der Waals surface area (Å²) in [4.78, 5) is 0. The molecule has 0 spiro atoms.